The van der Waals surface area contributed by atoms with E-state index >= 15 is 0 Å². The molecule has 1 aliphatic heterocycles. The lowest BCUT2D eigenvalue weighted by Crippen LogP contribution is -2.27. The van der Waals surface area contributed by atoms with Crippen molar-refractivity contribution in [2.45, 2.75) is 13.5 Å². The molecule has 6 nitrogen and oxygen atoms in total. The molecular weight excluding hydrogens is 428 g/mol. The van der Waals surface area contributed by atoms with Crippen LogP contribution in [0.5, 0.6) is 0 Å². The third-order valence-corrected chi connectivity index (χ3v) is 6.17. The van der Waals surface area contributed by atoms with Gasteiger partial charge in [-0.05, 0) is 30.7 Å². The highest BCUT2D eigenvalue weighted by atomic mass is 32.2. The minimum absolute atomic E-state index is 0.220. The van der Waals surface area contributed by atoms with Gasteiger partial charge >= 0.3 is 0 Å². The van der Waals surface area contributed by atoms with Crippen LogP contribution in [-0.2, 0) is 11.3 Å². The number of thioether (sulfide) groups is 1. The van der Waals surface area contributed by atoms with Crippen molar-refractivity contribution in [3.63, 3.8) is 0 Å². The highest BCUT2D eigenvalue weighted by molar-refractivity contribution is 8.26. The van der Waals surface area contributed by atoms with Gasteiger partial charge in [-0.1, -0.05) is 66.0 Å². The fourth-order valence-electron chi connectivity index (χ4n) is 3.18. The molecule has 31 heavy (non-hydrogen) atoms. The normalized spacial score (nSPS) is 15.1. The Hall–Kier alpha value is -3.23. The molecule has 156 valence electrons. The number of benzene rings is 1. The average Bonchev–Trinajstić information content (AvgIpc) is 3.03. The van der Waals surface area contributed by atoms with Crippen LogP contribution in [0.3, 0.4) is 0 Å². The van der Waals surface area contributed by atoms with E-state index in [1.54, 1.807) is 35.4 Å². The van der Waals surface area contributed by atoms with Crippen LogP contribution in [-0.4, -0.2) is 31.1 Å². The second kappa shape index (κ2) is 8.87. The fraction of sp³-hybridized carbons (Fsp3) is 0.130. The van der Waals surface area contributed by atoms with Crippen LogP contribution in [0.15, 0.2) is 71.0 Å². The maximum atomic E-state index is 13.1. The maximum absolute atomic E-state index is 13.1. The zero-order valence-electron chi connectivity index (χ0n) is 16.9. The van der Waals surface area contributed by atoms with Crippen LogP contribution >= 0.6 is 24.0 Å². The van der Waals surface area contributed by atoms with Gasteiger partial charge in [-0.2, -0.15) is 0 Å². The monoisotopic (exact) mass is 448 g/mol. The van der Waals surface area contributed by atoms with Gasteiger partial charge in [0.2, 0.25) is 0 Å². The zero-order valence-corrected chi connectivity index (χ0v) is 18.5. The zero-order chi connectivity index (χ0) is 22.0. The average molecular weight is 449 g/mol. The summed E-state index contributed by atoms with van der Waals surface area (Å²) in [6.07, 6.45) is 4.91. The number of carbonyl (C=O) groups is 1. The lowest BCUT2D eigenvalue weighted by atomic mass is 10.1. The number of amides is 1. The second-order valence-electron chi connectivity index (χ2n) is 7.03. The van der Waals surface area contributed by atoms with E-state index in [0.717, 1.165) is 11.1 Å². The Morgan fingerprint density at radius 1 is 1.19 bits per heavy atom. The Morgan fingerprint density at radius 3 is 2.71 bits per heavy atom. The number of nitrogens with zero attached hydrogens (tertiary/aromatic N) is 3. The highest BCUT2D eigenvalue weighted by Gasteiger charge is 2.32. The van der Waals surface area contributed by atoms with E-state index in [9.17, 15) is 9.59 Å². The first-order valence-electron chi connectivity index (χ1n) is 9.65. The summed E-state index contributed by atoms with van der Waals surface area (Å²) < 4.78 is 1.92. The van der Waals surface area contributed by atoms with Crippen molar-refractivity contribution in [2.24, 2.45) is 0 Å². The van der Waals surface area contributed by atoms with E-state index in [1.807, 2.05) is 37.3 Å². The molecule has 0 aliphatic carbocycles. The van der Waals surface area contributed by atoms with Gasteiger partial charge in [-0.3, -0.25) is 18.9 Å². The second-order valence-corrected chi connectivity index (χ2v) is 8.71. The first kappa shape index (κ1) is 21.0. The number of aromatic nitrogens is 2. The summed E-state index contributed by atoms with van der Waals surface area (Å²) in [6.45, 7) is 6.54. The van der Waals surface area contributed by atoms with Crippen LogP contribution in [0.25, 0.3) is 11.7 Å². The van der Waals surface area contributed by atoms with E-state index in [-0.39, 0.29) is 11.5 Å². The van der Waals surface area contributed by atoms with Crippen LogP contribution in [0.4, 0.5) is 5.82 Å². The van der Waals surface area contributed by atoms with Crippen molar-refractivity contribution in [3.8, 4) is 0 Å². The molecule has 1 saturated heterocycles. The molecule has 1 fully saturated rings. The number of carbonyl (C=O) groups excluding carboxylic acids is 1. The SMILES string of the molecule is C=CCNc1nc2ccccn2c(=O)c1/C=C1\SC(=S)N(Cc2ccc(C)cc2)C1=O. The first-order valence-corrected chi connectivity index (χ1v) is 10.9. The Morgan fingerprint density at radius 2 is 1.97 bits per heavy atom. The molecule has 0 unspecified atom stereocenters. The molecule has 1 N–H and O–H groups in total. The number of hydrogen-bond acceptors (Lipinski definition) is 6. The summed E-state index contributed by atoms with van der Waals surface area (Å²) in [6, 6.07) is 13.3. The van der Waals surface area contributed by atoms with E-state index in [2.05, 4.69) is 16.9 Å². The minimum atomic E-state index is -0.263. The summed E-state index contributed by atoms with van der Waals surface area (Å²) in [5.74, 6) is 0.183. The third-order valence-electron chi connectivity index (χ3n) is 4.79. The van der Waals surface area contributed by atoms with Gasteiger partial charge in [0.05, 0.1) is 17.0 Å². The van der Waals surface area contributed by atoms with Crippen molar-refractivity contribution >= 4 is 51.7 Å². The minimum Gasteiger partial charge on any atom is -0.366 e. The topological polar surface area (TPSA) is 66.7 Å². The van der Waals surface area contributed by atoms with Crippen LogP contribution in [0.1, 0.15) is 16.7 Å². The van der Waals surface area contributed by atoms with Crippen LogP contribution < -0.4 is 10.9 Å². The van der Waals surface area contributed by atoms with Crippen LogP contribution in [0.2, 0.25) is 0 Å². The van der Waals surface area contributed by atoms with Gasteiger partial charge in [0.1, 0.15) is 15.8 Å². The highest BCUT2D eigenvalue weighted by Crippen LogP contribution is 2.34. The van der Waals surface area contributed by atoms with Crippen molar-refractivity contribution < 1.29 is 4.79 Å². The lowest BCUT2D eigenvalue weighted by Gasteiger charge is -2.14. The van der Waals surface area contributed by atoms with Gasteiger partial charge in [-0.15, -0.1) is 6.58 Å². The van der Waals surface area contributed by atoms with Gasteiger partial charge < -0.3 is 5.32 Å². The number of fused-ring (bicyclic) bond motifs is 1. The summed E-state index contributed by atoms with van der Waals surface area (Å²) >= 11 is 6.64. The summed E-state index contributed by atoms with van der Waals surface area (Å²) in [5.41, 5.74) is 2.70. The maximum Gasteiger partial charge on any atom is 0.267 e. The van der Waals surface area contributed by atoms with Crippen molar-refractivity contribution in [3.05, 3.63) is 93.3 Å². The Balaban J connectivity index is 1.72. The molecule has 2 aromatic heterocycles. The molecule has 0 bridgehead atoms. The molecule has 0 atom stereocenters. The smallest absolute Gasteiger partial charge is 0.267 e. The van der Waals surface area contributed by atoms with E-state index in [1.165, 1.54) is 16.2 Å². The Labute approximate surface area is 189 Å². The summed E-state index contributed by atoms with van der Waals surface area (Å²) in [4.78, 5) is 32.7. The number of nitrogens with one attached hydrogen (secondary N) is 1. The number of aryl methyl sites for hydroxylation is 1. The van der Waals surface area contributed by atoms with Gasteiger partial charge in [0.25, 0.3) is 11.5 Å². The predicted molar refractivity (Wildman–Crippen MR) is 130 cm³/mol. The van der Waals surface area contributed by atoms with Gasteiger partial charge in [0, 0.05) is 12.7 Å². The van der Waals surface area contributed by atoms with Crippen molar-refractivity contribution in [1.82, 2.24) is 14.3 Å². The number of anilines is 1. The van der Waals surface area contributed by atoms with Crippen molar-refractivity contribution in [1.29, 1.82) is 0 Å². The fourth-order valence-corrected chi connectivity index (χ4v) is 4.42. The Bertz CT molecular complexity index is 1280. The summed E-state index contributed by atoms with van der Waals surface area (Å²) in [7, 11) is 0. The van der Waals surface area contributed by atoms with E-state index in [0.29, 0.717) is 39.3 Å². The molecule has 3 aromatic rings. The summed E-state index contributed by atoms with van der Waals surface area (Å²) in [5, 5.41) is 3.10. The van der Waals surface area contributed by atoms with E-state index < -0.39 is 0 Å². The quantitative estimate of drug-likeness (QED) is 0.349. The molecule has 0 radical (unpaired) electrons. The standard InChI is InChI=1S/C23H20N4O2S2/c1-3-11-24-20-17(21(28)26-12-5-4-6-19(26)25-20)13-18-22(29)27(23(30)31-18)14-16-9-7-15(2)8-10-16/h3-10,12-13,24H,1,11,14H2,2H3/b18-13-. The Kier molecular flexibility index (Phi) is 6.01. The molecule has 1 aromatic carbocycles. The molecule has 0 spiro atoms. The number of hydrogen-bond donors (Lipinski definition) is 1. The number of pyridine rings is 1. The number of rotatable bonds is 6. The largest absolute Gasteiger partial charge is 0.366 e. The lowest BCUT2D eigenvalue weighted by molar-refractivity contribution is -0.122. The molecule has 8 heteroatoms. The van der Waals surface area contributed by atoms with Gasteiger partial charge in [0.15, 0.2) is 0 Å². The third kappa shape index (κ3) is 4.30. The molecule has 0 saturated carbocycles. The first-order chi connectivity index (χ1) is 15.0. The van der Waals surface area contributed by atoms with Crippen LogP contribution in [0, 0.1) is 6.92 Å². The molecule has 1 amide bonds. The molecule has 3 heterocycles. The molecule has 1 aliphatic rings. The molecular formula is C23H20N4O2S2. The van der Waals surface area contributed by atoms with Crippen molar-refractivity contribution in [2.75, 3.05) is 11.9 Å². The van der Waals surface area contributed by atoms with Gasteiger partial charge in [-0.25, -0.2) is 4.98 Å². The van der Waals surface area contributed by atoms with E-state index in [4.69, 9.17) is 12.2 Å². The predicted octanol–water partition coefficient (Wildman–Crippen LogP) is 4.00. The molecule has 4 rings (SSSR count). The number of thiocarbonyl (C=S) groups is 1.